The van der Waals surface area contributed by atoms with Gasteiger partial charge in [-0.3, -0.25) is 0 Å². The van der Waals surface area contributed by atoms with Gasteiger partial charge in [-0.15, -0.1) is 0 Å². The fourth-order valence-electron chi connectivity index (χ4n) is 2.07. The minimum Gasteiger partial charge on any atom is -0.226 e. The van der Waals surface area contributed by atoms with Gasteiger partial charge in [-0.05, 0) is 42.8 Å². The molecule has 3 aromatic rings. The summed E-state index contributed by atoms with van der Waals surface area (Å²) in [5.41, 5.74) is 2.49. The van der Waals surface area contributed by atoms with Gasteiger partial charge >= 0.3 is 0 Å². The second-order valence-corrected chi connectivity index (χ2v) is 5.69. The van der Waals surface area contributed by atoms with Crippen molar-refractivity contribution in [3.8, 4) is 11.4 Å². The number of hydrogen-bond donors (Lipinski definition) is 0. The van der Waals surface area contributed by atoms with Gasteiger partial charge in [0.2, 0.25) is 0 Å². The average molecular weight is 324 g/mol. The molecule has 0 fully saturated rings. The summed E-state index contributed by atoms with van der Waals surface area (Å²) in [6.45, 7) is 1.96. The molecule has 0 unspecified atom stereocenters. The van der Waals surface area contributed by atoms with Gasteiger partial charge in [0.1, 0.15) is 5.15 Å². The third-order valence-corrected chi connectivity index (χ3v) is 3.74. The summed E-state index contributed by atoms with van der Waals surface area (Å²) in [6.07, 6.45) is 0. The van der Waals surface area contributed by atoms with Crippen LogP contribution in [0.3, 0.4) is 0 Å². The Labute approximate surface area is 131 Å². The van der Waals surface area contributed by atoms with E-state index in [0.29, 0.717) is 26.5 Å². The van der Waals surface area contributed by atoms with E-state index in [2.05, 4.69) is 9.97 Å². The van der Waals surface area contributed by atoms with E-state index in [4.69, 9.17) is 34.8 Å². The van der Waals surface area contributed by atoms with Gasteiger partial charge in [0, 0.05) is 16.0 Å². The van der Waals surface area contributed by atoms with Crippen LogP contribution in [-0.4, -0.2) is 9.97 Å². The van der Waals surface area contributed by atoms with E-state index in [0.717, 1.165) is 16.5 Å². The highest BCUT2D eigenvalue weighted by atomic mass is 35.5. The van der Waals surface area contributed by atoms with Crippen LogP contribution in [0.5, 0.6) is 0 Å². The monoisotopic (exact) mass is 322 g/mol. The van der Waals surface area contributed by atoms with Crippen LogP contribution in [-0.2, 0) is 0 Å². The number of rotatable bonds is 1. The lowest BCUT2D eigenvalue weighted by atomic mass is 10.1. The molecule has 1 aromatic heterocycles. The maximum Gasteiger partial charge on any atom is 0.161 e. The fourth-order valence-corrected chi connectivity index (χ4v) is 2.81. The highest BCUT2D eigenvalue weighted by Crippen LogP contribution is 2.30. The molecular formula is C15H9Cl3N2. The first-order valence-corrected chi connectivity index (χ1v) is 7.07. The first-order chi connectivity index (χ1) is 9.54. The Morgan fingerprint density at radius 1 is 0.950 bits per heavy atom. The lowest BCUT2D eigenvalue weighted by Gasteiger charge is -2.07. The van der Waals surface area contributed by atoms with E-state index in [1.807, 2.05) is 37.3 Å². The molecule has 0 N–H and O–H groups in total. The number of benzene rings is 2. The van der Waals surface area contributed by atoms with E-state index in [9.17, 15) is 0 Å². The largest absolute Gasteiger partial charge is 0.226 e. The Bertz CT molecular complexity index is 795. The van der Waals surface area contributed by atoms with E-state index in [-0.39, 0.29) is 0 Å². The molecule has 0 saturated heterocycles. The molecule has 1 heterocycles. The van der Waals surface area contributed by atoms with E-state index in [1.165, 1.54) is 0 Å². The van der Waals surface area contributed by atoms with Gasteiger partial charge in [-0.1, -0.05) is 40.9 Å². The molecule has 100 valence electrons. The number of para-hydroxylation sites is 1. The summed E-state index contributed by atoms with van der Waals surface area (Å²) in [5.74, 6) is 0.515. The molecule has 20 heavy (non-hydrogen) atoms. The summed E-state index contributed by atoms with van der Waals surface area (Å²) in [7, 11) is 0. The number of hydrogen-bond acceptors (Lipinski definition) is 2. The summed E-state index contributed by atoms with van der Waals surface area (Å²) in [4.78, 5) is 8.83. The van der Waals surface area contributed by atoms with Crippen molar-refractivity contribution in [3.63, 3.8) is 0 Å². The highest BCUT2D eigenvalue weighted by molar-refractivity contribution is 6.38. The molecule has 0 atom stereocenters. The SMILES string of the molecule is Cc1cc(Cl)cc(-c2nc(Cl)c3cccc(Cl)c3n2)c1. The lowest BCUT2D eigenvalue weighted by Crippen LogP contribution is -1.93. The number of halogens is 3. The number of aryl methyl sites for hydroxylation is 1. The number of nitrogens with zero attached hydrogens (tertiary/aromatic N) is 2. The maximum absolute atomic E-state index is 6.22. The number of fused-ring (bicyclic) bond motifs is 1. The molecule has 0 radical (unpaired) electrons. The zero-order valence-electron chi connectivity index (χ0n) is 10.5. The lowest BCUT2D eigenvalue weighted by molar-refractivity contribution is 1.22. The average Bonchev–Trinajstić information content (AvgIpc) is 2.38. The molecule has 0 aliphatic carbocycles. The summed E-state index contributed by atoms with van der Waals surface area (Å²) in [6, 6.07) is 11.1. The molecule has 2 nitrogen and oxygen atoms in total. The Balaban J connectivity index is 2.29. The van der Waals surface area contributed by atoms with Crippen molar-refractivity contribution in [2.24, 2.45) is 0 Å². The van der Waals surface area contributed by atoms with Crippen molar-refractivity contribution in [1.82, 2.24) is 9.97 Å². The van der Waals surface area contributed by atoms with Crippen LogP contribution in [0.4, 0.5) is 0 Å². The topological polar surface area (TPSA) is 25.8 Å². The zero-order chi connectivity index (χ0) is 14.3. The van der Waals surface area contributed by atoms with Crippen LogP contribution in [0.15, 0.2) is 36.4 Å². The first kappa shape index (κ1) is 13.6. The highest BCUT2D eigenvalue weighted by Gasteiger charge is 2.11. The second kappa shape index (κ2) is 5.21. The summed E-state index contributed by atoms with van der Waals surface area (Å²) >= 11 is 18.5. The molecule has 0 spiro atoms. The molecule has 5 heteroatoms. The Kier molecular flexibility index (Phi) is 3.55. The normalized spacial score (nSPS) is 11.0. The maximum atomic E-state index is 6.22. The zero-order valence-corrected chi connectivity index (χ0v) is 12.8. The van der Waals surface area contributed by atoms with Gasteiger partial charge in [-0.2, -0.15) is 0 Å². The van der Waals surface area contributed by atoms with Gasteiger partial charge in [-0.25, -0.2) is 9.97 Å². The smallest absolute Gasteiger partial charge is 0.161 e. The Hall–Kier alpha value is -1.35. The van der Waals surface area contributed by atoms with Crippen LogP contribution in [0, 0.1) is 6.92 Å². The second-order valence-electron chi connectivity index (χ2n) is 4.49. The van der Waals surface area contributed by atoms with E-state index < -0.39 is 0 Å². The van der Waals surface area contributed by atoms with Gasteiger partial charge in [0.25, 0.3) is 0 Å². The minimum atomic E-state index is 0.380. The Morgan fingerprint density at radius 3 is 2.50 bits per heavy atom. The molecule has 0 aliphatic heterocycles. The standard InChI is InChI=1S/C15H9Cl3N2/c1-8-5-9(7-10(16)6-8)15-19-13-11(14(18)20-15)3-2-4-12(13)17/h2-7H,1H3. The fraction of sp³-hybridized carbons (Fsp3) is 0.0667. The molecule has 0 bridgehead atoms. The molecule has 0 amide bonds. The van der Waals surface area contributed by atoms with Crippen LogP contribution in [0.1, 0.15) is 5.56 Å². The quantitative estimate of drug-likeness (QED) is 0.547. The first-order valence-electron chi connectivity index (χ1n) is 5.94. The molecule has 3 rings (SSSR count). The van der Waals surface area contributed by atoms with Crippen molar-refractivity contribution in [3.05, 3.63) is 57.2 Å². The van der Waals surface area contributed by atoms with Crippen LogP contribution < -0.4 is 0 Å². The molecule has 2 aromatic carbocycles. The van der Waals surface area contributed by atoms with Crippen molar-refractivity contribution in [2.75, 3.05) is 0 Å². The van der Waals surface area contributed by atoms with E-state index in [1.54, 1.807) is 6.07 Å². The van der Waals surface area contributed by atoms with Gasteiger partial charge in [0.15, 0.2) is 5.82 Å². The van der Waals surface area contributed by atoms with Crippen LogP contribution >= 0.6 is 34.8 Å². The third kappa shape index (κ3) is 2.47. The van der Waals surface area contributed by atoms with Crippen LogP contribution in [0.2, 0.25) is 15.2 Å². The van der Waals surface area contributed by atoms with Gasteiger partial charge < -0.3 is 0 Å². The summed E-state index contributed by atoms with van der Waals surface area (Å²) < 4.78 is 0. The molecule has 0 aliphatic rings. The van der Waals surface area contributed by atoms with E-state index >= 15 is 0 Å². The third-order valence-electron chi connectivity index (χ3n) is 2.93. The summed E-state index contributed by atoms with van der Waals surface area (Å²) in [5, 5.41) is 2.30. The van der Waals surface area contributed by atoms with Crippen molar-refractivity contribution in [1.29, 1.82) is 0 Å². The Morgan fingerprint density at radius 2 is 1.75 bits per heavy atom. The van der Waals surface area contributed by atoms with Crippen molar-refractivity contribution >= 4 is 45.7 Å². The predicted octanol–water partition coefficient (Wildman–Crippen LogP) is 5.57. The molecular weight excluding hydrogens is 315 g/mol. The van der Waals surface area contributed by atoms with Gasteiger partial charge in [0.05, 0.1) is 10.5 Å². The predicted molar refractivity (Wildman–Crippen MR) is 84.7 cm³/mol. The van der Waals surface area contributed by atoms with Crippen molar-refractivity contribution < 1.29 is 0 Å². The number of aromatic nitrogens is 2. The minimum absolute atomic E-state index is 0.380. The van der Waals surface area contributed by atoms with Crippen molar-refractivity contribution in [2.45, 2.75) is 6.92 Å². The van der Waals surface area contributed by atoms with Crippen LogP contribution in [0.25, 0.3) is 22.3 Å². The molecule has 0 saturated carbocycles.